The van der Waals surface area contributed by atoms with Gasteiger partial charge in [0.15, 0.2) is 11.6 Å². The zero-order chi connectivity index (χ0) is 21.9. The fourth-order valence-corrected chi connectivity index (χ4v) is 4.66. The van der Waals surface area contributed by atoms with Crippen LogP contribution in [0.3, 0.4) is 0 Å². The number of benzene rings is 2. The Morgan fingerprint density at radius 1 is 1.10 bits per heavy atom. The molecule has 2 aromatic carbocycles. The third kappa shape index (κ3) is 5.27. The second kappa shape index (κ2) is 8.99. The molecule has 0 bridgehead atoms. The number of carbonyl (C=O) groups excluding carboxylic acids is 1. The fraction of sp³-hybridized carbons (Fsp3) is 0.381. The molecule has 0 aliphatic heterocycles. The molecule has 0 saturated heterocycles. The normalized spacial score (nSPS) is 15.6. The number of hydrogen-bond donors (Lipinski definition) is 1. The molecule has 1 atom stereocenters. The first-order valence-corrected chi connectivity index (χ1v) is 11.5. The highest BCUT2D eigenvalue weighted by Crippen LogP contribution is 2.26. The Hall–Kier alpha value is -2.68. The number of nitrogens with zero attached hydrogens (tertiary/aromatic N) is 1. The summed E-state index contributed by atoms with van der Waals surface area (Å²) in [5.74, 6) is -2.22. The van der Waals surface area contributed by atoms with Crippen molar-refractivity contribution >= 4 is 27.3 Å². The molecule has 1 N–H and O–H groups in total. The van der Waals surface area contributed by atoms with Gasteiger partial charge < -0.3 is 10.1 Å². The summed E-state index contributed by atoms with van der Waals surface area (Å²) in [6.45, 7) is 1.37. The second-order valence-electron chi connectivity index (χ2n) is 7.37. The van der Waals surface area contributed by atoms with Gasteiger partial charge in [-0.25, -0.2) is 17.2 Å². The van der Waals surface area contributed by atoms with Crippen molar-refractivity contribution in [2.75, 3.05) is 15.9 Å². The quantitative estimate of drug-likeness (QED) is 0.707. The first-order valence-electron chi connectivity index (χ1n) is 9.67. The van der Waals surface area contributed by atoms with E-state index >= 15 is 0 Å². The maximum Gasteiger partial charge on any atom is 0.247 e. The van der Waals surface area contributed by atoms with Gasteiger partial charge in [0.2, 0.25) is 15.9 Å². The summed E-state index contributed by atoms with van der Waals surface area (Å²) in [6, 6.07) is 8.28. The molecule has 3 rings (SSSR count). The van der Waals surface area contributed by atoms with E-state index in [9.17, 15) is 22.0 Å². The van der Waals surface area contributed by atoms with Gasteiger partial charge in [0.1, 0.15) is 11.8 Å². The van der Waals surface area contributed by atoms with Crippen molar-refractivity contribution in [3.8, 4) is 5.75 Å². The van der Waals surface area contributed by atoms with Crippen molar-refractivity contribution < 1.29 is 26.7 Å². The van der Waals surface area contributed by atoms with Crippen LogP contribution in [0.2, 0.25) is 0 Å². The molecule has 0 unspecified atom stereocenters. The molecular formula is C21H24F2N2O4S. The second-order valence-corrected chi connectivity index (χ2v) is 9.23. The van der Waals surface area contributed by atoms with Gasteiger partial charge in [-0.05, 0) is 69.0 Å². The third-order valence-electron chi connectivity index (χ3n) is 4.97. The summed E-state index contributed by atoms with van der Waals surface area (Å²) in [4.78, 5) is 12.7. The van der Waals surface area contributed by atoms with E-state index in [1.54, 1.807) is 24.3 Å². The summed E-state index contributed by atoms with van der Waals surface area (Å²) < 4.78 is 58.0. The minimum atomic E-state index is -3.94. The van der Waals surface area contributed by atoms with Crippen molar-refractivity contribution in [2.45, 2.75) is 44.8 Å². The minimum Gasteiger partial charge on any atom is -0.490 e. The average Bonchev–Trinajstić information content (AvgIpc) is 3.18. The molecule has 1 saturated carbocycles. The zero-order valence-corrected chi connectivity index (χ0v) is 17.6. The Morgan fingerprint density at radius 3 is 2.30 bits per heavy atom. The minimum absolute atomic E-state index is 0.139. The van der Waals surface area contributed by atoms with Crippen LogP contribution in [0.4, 0.5) is 20.2 Å². The number of halogens is 2. The standard InChI is InChI=1S/C21H24F2N2O4S/c1-14(25(30(2,27)28)16-9-12-19(22)20(23)13-16)21(26)24-15-7-10-18(11-8-15)29-17-5-3-4-6-17/h7-14,17H,3-6H2,1-2H3,(H,24,26)/t14-/m1/s1. The van der Waals surface area contributed by atoms with Gasteiger partial charge in [0, 0.05) is 11.8 Å². The molecule has 162 valence electrons. The number of nitrogens with one attached hydrogen (secondary N) is 1. The summed E-state index contributed by atoms with van der Waals surface area (Å²) in [6.07, 6.45) is 5.48. The first-order chi connectivity index (χ1) is 14.1. The molecule has 2 aromatic rings. The van der Waals surface area contributed by atoms with Crippen LogP contribution in [0.5, 0.6) is 5.75 Å². The summed E-state index contributed by atoms with van der Waals surface area (Å²) >= 11 is 0. The molecule has 0 spiro atoms. The van der Waals surface area contributed by atoms with Gasteiger partial charge in [-0.3, -0.25) is 9.10 Å². The van der Waals surface area contributed by atoms with Gasteiger partial charge >= 0.3 is 0 Å². The monoisotopic (exact) mass is 438 g/mol. The Kier molecular flexibility index (Phi) is 6.60. The van der Waals surface area contributed by atoms with Crippen molar-refractivity contribution in [1.82, 2.24) is 0 Å². The largest absolute Gasteiger partial charge is 0.490 e. The molecule has 1 amide bonds. The molecule has 0 radical (unpaired) electrons. The van der Waals surface area contributed by atoms with Crippen LogP contribution in [0.1, 0.15) is 32.6 Å². The smallest absolute Gasteiger partial charge is 0.247 e. The molecule has 9 heteroatoms. The predicted octanol–water partition coefficient (Wildman–Crippen LogP) is 4.08. The van der Waals surface area contributed by atoms with Crippen LogP contribution in [0.15, 0.2) is 42.5 Å². The highest BCUT2D eigenvalue weighted by Gasteiger charge is 2.30. The van der Waals surface area contributed by atoms with Gasteiger partial charge in [-0.2, -0.15) is 0 Å². The molecule has 6 nitrogen and oxygen atoms in total. The Morgan fingerprint density at radius 2 is 1.73 bits per heavy atom. The van der Waals surface area contributed by atoms with E-state index in [-0.39, 0.29) is 11.8 Å². The SMILES string of the molecule is C[C@H](C(=O)Nc1ccc(OC2CCCC2)cc1)N(c1ccc(F)c(F)c1)S(C)(=O)=O. The van der Waals surface area contributed by atoms with Crippen LogP contribution >= 0.6 is 0 Å². The van der Waals surface area contributed by atoms with Crippen molar-refractivity contribution in [2.24, 2.45) is 0 Å². The van der Waals surface area contributed by atoms with Gasteiger partial charge in [0.25, 0.3) is 0 Å². The van der Waals surface area contributed by atoms with E-state index in [0.29, 0.717) is 11.4 Å². The predicted molar refractivity (Wildman–Crippen MR) is 111 cm³/mol. The van der Waals surface area contributed by atoms with Crippen molar-refractivity contribution in [1.29, 1.82) is 0 Å². The van der Waals surface area contributed by atoms with Crippen LogP contribution < -0.4 is 14.4 Å². The highest BCUT2D eigenvalue weighted by atomic mass is 32.2. The van der Waals surface area contributed by atoms with E-state index < -0.39 is 33.6 Å². The molecule has 1 aliphatic rings. The number of anilines is 2. The molecule has 1 fully saturated rings. The molecule has 0 aromatic heterocycles. The number of rotatable bonds is 7. The zero-order valence-electron chi connectivity index (χ0n) is 16.8. The number of amides is 1. The number of carbonyl (C=O) groups is 1. The maximum atomic E-state index is 13.6. The van der Waals surface area contributed by atoms with E-state index in [4.69, 9.17) is 4.74 Å². The lowest BCUT2D eigenvalue weighted by atomic mass is 10.2. The summed E-state index contributed by atoms with van der Waals surface area (Å²) in [7, 11) is -3.94. The van der Waals surface area contributed by atoms with Crippen molar-refractivity contribution in [3.63, 3.8) is 0 Å². The van der Waals surface area contributed by atoms with Crippen LogP contribution in [0.25, 0.3) is 0 Å². The molecule has 0 heterocycles. The van der Waals surface area contributed by atoms with Crippen LogP contribution in [-0.2, 0) is 14.8 Å². The van der Waals surface area contributed by atoms with Gasteiger partial charge in [0.05, 0.1) is 18.0 Å². The van der Waals surface area contributed by atoms with Crippen molar-refractivity contribution in [3.05, 3.63) is 54.1 Å². The Labute approximate surface area is 174 Å². The average molecular weight is 438 g/mol. The summed E-state index contributed by atoms with van der Waals surface area (Å²) in [5.41, 5.74) is 0.323. The first kappa shape index (κ1) is 22.0. The molecule has 1 aliphatic carbocycles. The lowest BCUT2D eigenvalue weighted by Gasteiger charge is -2.28. The Bertz CT molecular complexity index is 1010. The van der Waals surface area contributed by atoms with Gasteiger partial charge in [-0.15, -0.1) is 0 Å². The van der Waals surface area contributed by atoms with Crippen LogP contribution in [0, 0.1) is 11.6 Å². The highest BCUT2D eigenvalue weighted by molar-refractivity contribution is 7.92. The summed E-state index contributed by atoms with van der Waals surface area (Å²) in [5, 5.41) is 2.64. The number of hydrogen-bond acceptors (Lipinski definition) is 4. The fourth-order valence-electron chi connectivity index (χ4n) is 3.49. The molecular weight excluding hydrogens is 414 g/mol. The maximum absolute atomic E-state index is 13.6. The number of ether oxygens (including phenoxy) is 1. The van der Waals surface area contributed by atoms with E-state index in [1.807, 2.05) is 0 Å². The van der Waals surface area contributed by atoms with E-state index in [0.717, 1.165) is 54.4 Å². The third-order valence-corrected chi connectivity index (χ3v) is 6.21. The molecule has 30 heavy (non-hydrogen) atoms. The lowest BCUT2D eigenvalue weighted by Crippen LogP contribution is -2.45. The van der Waals surface area contributed by atoms with E-state index in [1.165, 1.54) is 6.92 Å². The topological polar surface area (TPSA) is 75.7 Å². The Balaban J connectivity index is 1.72. The van der Waals surface area contributed by atoms with Gasteiger partial charge in [-0.1, -0.05) is 0 Å². The van der Waals surface area contributed by atoms with Crippen LogP contribution in [-0.4, -0.2) is 32.7 Å². The number of sulfonamides is 1. The lowest BCUT2D eigenvalue weighted by molar-refractivity contribution is -0.116. The van der Waals surface area contributed by atoms with E-state index in [2.05, 4.69) is 5.32 Å².